The lowest BCUT2D eigenvalue weighted by atomic mass is 9.96. The first kappa shape index (κ1) is 26.7. The van der Waals surface area contributed by atoms with Crippen LogP contribution in [0.2, 0.25) is 0 Å². The summed E-state index contributed by atoms with van der Waals surface area (Å²) in [5.74, 6) is -0.268. The lowest BCUT2D eigenvalue weighted by Gasteiger charge is -2.25. The number of anilines is 1. The van der Waals surface area contributed by atoms with Crippen LogP contribution in [0.25, 0.3) is 16.6 Å². The Morgan fingerprint density at radius 2 is 1.92 bits per heavy atom. The highest BCUT2D eigenvalue weighted by atomic mass is 32.2. The normalized spacial score (nSPS) is 13.5. The van der Waals surface area contributed by atoms with Crippen LogP contribution in [-0.4, -0.2) is 70.8 Å². The monoisotopic (exact) mass is 522 g/mol. The van der Waals surface area contributed by atoms with Gasteiger partial charge in [-0.3, -0.25) is 13.9 Å². The van der Waals surface area contributed by atoms with Crippen molar-refractivity contribution in [3.63, 3.8) is 0 Å². The van der Waals surface area contributed by atoms with Gasteiger partial charge in [0, 0.05) is 38.5 Å². The molecule has 10 nitrogen and oxygen atoms in total. The molecule has 0 unspecified atom stereocenters. The predicted molar refractivity (Wildman–Crippen MR) is 145 cm³/mol. The smallest absolute Gasteiger partial charge is 0.270 e. The van der Waals surface area contributed by atoms with Gasteiger partial charge in [0.25, 0.3) is 5.91 Å². The second-order valence-corrected chi connectivity index (χ2v) is 11.1. The van der Waals surface area contributed by atoms with Crippen LogP contribution in [0.5, 0.6) is 0 Å². The van der Waals surface area contributed by atoms with Gasteiger partial charge < -0.3 is 16.4 Å². The number of carbonyl (C=O) groups is 2. The van der Waals surface area contributed by atoms with Gasteiger partial charge in [-0.25, -0.2) is 13.1 Å². The minimum absolute atomic E-state index is 0.163. The Morgan fingerprint density at radius 1 is 1.22 bits per heavy atom. The van der Waals surface area contributed by atoms with Crippen molar-refractivity contribution in [1.29, 1.82) is 0 Å². The summed E-state index contributed by atoms with van der Waals surface area (Å²) in [5, 5.41) is 10.8. The molecule has 4 rings (SSSR count). The van der Waals surface area contributed by atoms with E-state index in [1.807, 2.05) is 6.07 Å². The van der Waals surface area contributed by atoms with Crippen molar-refractivity contribution in [2.75, 3.05) is 37.2 Å². The van der Waals surface area contributed by atoms with Crippen LogP contribution in [0.4, 0.5) is 5.69 Å². The molecule has 0 atom stereocenters. The fourth-order valence-electron chi connectivity index (χ4n) is 4.35. The second-order valence-electron chi connectivity index (χ2n) is 9.21. The molecule has 0 aliphatic heterocycles. The largest absolute Gasteiger partial charge is 0.356 e. The molecule has 2 aromatic carbocycles. The lowest BCUT2D eigenvalue weighted by Crippen LogP contribution is -2.34. The highest BCUT2D eigenvalue weighted by molar-refractivity contribution is 7.92. The number of carbonyl (C=O) groups excluding carboxylic acids is 2. The number of sulfonamides is 1. The second kappa shape index (κ2) is 10.9. The number of nitrogens with two attached hydrogens (primary N) is 1. The van der Waals surface area contributed by atoms with Crippen LogP contribution in [0.3, 0.4) is 0 Å². The van der Waals surface area contributed by atoms with Crippen molar-refractivity contribution in [1.82, 2.24) is 20.4 Å². The number of aromatic nitrogens is 2. The Hall–Kier alpha value is -3.38. The summed E-state index contributed by atoms with van der Waals surface area (Å²) >= 11 is 0. The van der Waals surface area contributed by atoms with E-state index in [0.717, 1.165) is 18.4 Å². The first-order valence-electron chi connectivity index (χ1n) is 12.2. The molecular weight excluding hydrogens is 491 g/mol. The van der Waals surface area contributed by atoms with Crippen LogP contribution in [-0.2, 0) is 14.8 Å². The molecule has 0 spiro atoms. The van der Waals surface area contributed by atoms with E-state index in [2.05, 4.69) is 10.6 Å². The van der Waals surface area contributed by atoms with Crippen molar-refractivity contribution >= 4 is 51.7 Å². The predicted octanol–water partition coefficient (Wildman–Crippen LogP) is 0.677. The molecule has 0 saturated heterocycles. The molecule has 1 saturated carbocycles. The Bertz CT molecular complexity index is 1420. The number of amides is 2. The Morgan fingerprint density at radius 3 is 2.51 bits per heavy atom. The first-order chi connectivity index (χ1) is 17.6. The van der Waals surface area contributed by atoms with E-state index in [0.29, 0.717) is 46.4 Å². The molecule has 2 amide bonds. The zero-order valence-corrected chi connectivity index (χ0v) is 21.8. The third-order valence-electron chi connectivity index (χ3n) is 6.32. The highest BCUT2D eigenvalue weighted by Crippen LogP contribution is 2.46. The Kier molecular flexibility index (Phi) is 7.89. The summed E-state index contributed by atoms with van der Waals surface area (Å²) in [6, 6.07) is 10.7. The third kappa shape index (κ3) is 5.96. The van der Waals surface area contributed by atoms with Gasteiger partial charge in [0.15, 0.2) is 0 Å². The molecule has 0 bridgehead atoms. The van der Waals surface area contributed by atoms with E-state index in [1.54, 1.807) is 42.1 Å². The van der Waals surface area contributed by atoms with Gasteiger partial charge in [-0.15, -0.1) is 0 Å². The standard InChI is InChI=1S/C25H31BN6O4S/c1-28-25(34)24-20-14-19(16-4-5-16)22(15-21(20)30-32(24)18-8-6-17(26)7-9-18)31(37(2,35)36)13-3-12-29-23(33)10-11-27/h6-9,14-16H,3-5,10-13,27H2,1-2H3,(H,28,34)(H,29,33). The number of hydrogen-bond donors (Lipinski definition) is 3. The van der Waals surface area contributed by atoms with Crippen molar-refractivity contribution < 1.29 is 18.0 Å². The van der Waals surface area contributed by atoms with Gasteiger partial charge in [0.1, 0.15) is 13.5 Å². The average molecular weight is 522 g/mol. The van der Waals surface area contributed by atoms with Gasteiger partial charge in [-0.1, -0.05) is 17.6 Å². The highest BCUT2D eigenvalue weighted by Gasteiger charge is 2.32. The first-order valence-corrected chi connectivity index (χ1v) is 14.1. The van der Waals surface area contributed by atoms with Gasteiger partial charge in [-0.05, 0) is 55.0 Å². The maximum atomic E-state index is 13.0. The molecule has 4 N–H and O–H groups in total. The summed E-state index contributed by atoms with van der Waals surface area (Å²) in [4.78, 5) is 24.7. The van der Waals surface area contributed by atoms with Crippen molar-refractivity contribution in [2.24, 2.45) is 5.73 Å². The quantitative estimate of drug-likeness (QED) is 0.250. The number of nitrogens with zero attached hydrogens (tertiary/aromatic N) is 3. The van der Waals surface area contributed by atoms with E-state index < -0.39 is 10.0 Å². The molecule has 1 aliphatic rings. The number of hydrogen-bond acceptors (Lipinski definition) is 6. The van der Waals surface area contributed by atoms with E-state index in [4.69, 9.17) is 18.7 Å². The molecule has 3 aromatic rings. The van der Waals surface area contributed by atoms with Crippen molar-refractivity contribution in [2.45, 2.75) is 31.6 Å². The van der Waals surface area contributed by atoms with E-state index >= 15 is 0 Å². The SMILES string of the molecule is [B]c1ccc(-n2nc3cc(N(CCCNC(=O)CCN)S(C)(=O)=O)c(C4CC4)cc3c2C(=O)NC)cc1. The molecule has 1 aromatic heterocycles. The topological polar surface area (TPSA) is 139 Å². The molecule has 1 aliphatic carbocycles. The lowest BCUT2D eigenvalue weighted by molar-refractivity contribution is -0.120. The molecule has 37 heavy (non-hydrogen) atoms. The Balaban J connectivity index is 1.78. The summed E-state index contributed by atoms with van der Waals surface area (Å²) < 4.78 is 28.7. The van der Waals surface area contributed by atoms with Gasteiger partial charge in [0.2, 0.25) is 15.9 Å². The number of rotatable bonds is 11. The van der Waals surface area contributed by atoms with Crippen LogP contribution in [0.15, 0.2) is 36.4 Å². The minimum atomic E-state index is -3.63. The molecular formula is C25H31BN6O4S. The number of nitrogens with one attached hydrogen (secondary N) is 2. The molecule has 194 valence electrons. The van der Waals surface area contributed by atoms with Crippen LogP contribution in [0, 0.1) is 0 Å². The zero-order valence-electron chi connectivity index (χ0n) is 21.0. The maximum absolute atomic E-state index is 13.0. The zero-order chi connectivity index (χ0) is 26.7. The van der Waals surface area contributed by atoms with Gasteiger partial charge in [0.05, 0.1) is 23.1 Å². The summed E-state index contributed by atoms with van der Waals surface area (Å²) in [6.07, 6.45) is 3.70. The van der Waals surface area contributed by atoms with Crippen LogP contribution >= 0.6 is 0 Å². The van der Waals surface area contributed by atoms with Crippen molar-refractivity contribution in [3.05, 3.63) is 47.7 Å². The third-order valence-corrected chi connectivity index (χ3v) is 7.50. The Labute approximate surface area is 218 Å². The number of fused-ring (bicyclic) bond motifs is 1. The van der Waals surface area contributed by atoms with Crippen molar-refractivity contribution in [3.8, 4) is 5.69 Å². The molecule has 12 heteroatoms. The average Bonchev–Trinajstić information content (AvgIpc) is 3.63. The molecule has 1 fully saturated rings. The molecule has 1 heterocycles. The van der Waals surface area contributed by atoms with E-state index in [9.17, 15) is 18.0 Å². The van der Waals surface area contributed by atoms with Crippen LogP contribution < -0.4 is 26.1 Å². The maximum Gasteiger partial charge on any atom is 0.270 e. The summed E-state index contributed by atoms with van der Waals surface area (Å²) in [6.45, 7) is 0.777. The number of benzene rings is 2. The van der Waals surface area contributed by atoms with Gasteiger partial charge >= 0.3 is 0 Å². The summed E-state index contributed by atoms with van der Waals surface area (Å²) in [5.41, 5.74) is 8.94. The van der Waals surface area contributed by atoms with Gasteiger partial charge in [-0.2, -0.15) is 5.10 Å². The van der Waals surface area contributed by atoms with E-state index in [-0.39, 0.29) is 37.2 Å². The summed E-state index contributed by atoms with van der Waals surface area (Å²) in [7, 11) is 3.76. The fourth-order valence-corrected chi connectivity index (χ4v) is 5.33. The molecule has 2 radical (unpaired) electrons. The minimum Gasteiger partial charge on any atom is -0.356 e. The van der Waals surface area contributed by atoms with Crippen LogP contribution in [0.1, 0.15) is 47.7 Å². The fraction of sp³-hybridized carbons (Fsp3) is 0.400. The van der Waals surface area contributed by atoms with E-state index in [1.165, 1.54) is 10.6 Å².